The molecule has 1 atom stereocenters. The van der Waals surface area contributed by atoms with Gasteiger partial charge < -0.3 is 10.6 Å². The standard InChI is InChI=1S/C19H25N3OS/c1-15-7-2-3-8-16(15)13-20-19(23)21-14-17(18-9-6-12-24-18)22-10-4-5-11-22/h2-3,6-9,12,17H,4-5,10-11,13-14H2,1H3,(H2,20,21,23). The number of thiophene rings is 1. The largest absolute Gasteiger partial charge is 0.336 e. The van der Waals surface area contributed by atoms with Crippen molar-refractivity contribution >= 4 is 17.4 Å². The van der Waals surface area contributed by atoms with Gasteiger partial charge in [-0.1, -0.05) is 30.3 Å². The van der Waals surface area contributed by atoms with Gasteiger partial charge in [0.25, 0.3) is 0 Å². The highest BCUT2D eigenvalue weighted by Gasteiger charge is 2.24. The molecule has 1 aromatic carbocycles. The summed E-state index contributed by atoms with van der Waals surface area (Å²) in [5.41, 5.74) is 2.35. The van der Waals surface area contributed by atoms with E-state index in [-0.39, 0.29) is 12.1 Å². The fourth-order valence-corrected chi connectivity index (χ4v) is 4.04. The van der Waals surface area contributed by atoms with Crippen molar-refractivity contribution in [3.63, 3.8) is 0 Å². The third-order valence-electron chi connectivity index (χ3n) is 4.61. The normalized spacial score (nSPS) is 16.0. The Labute approximate surface area is 147 Å². The number of hydrogen-bond acceptors (Lipinski definition) is 3. The highest BCUT2D eigenvalue weighted by Crippen LogP contribution is 2.27. The molecule has 128 valence electrons. The third kappa shape index (κ3) is 4.36. The van der Waals surface area contributed by atoms with E-state index in [1.54, 1.807) is 11.3 Å². The summed E-state index contributed by atoms with van der Waals surface area (Å²) in [7, 11) is 0. The smallest absolute Gasteiger partial charge is 0.315 e. The Morgan fingerprint density at radius 3 is 2.67 bits per heavy atom. The molecule has 1 unspecified atom stereocenters. The van der Waals surface area contributed by atoms with Gasteiger partial charge in [-0.05, 0) is 55.4 Å². The molecule has 2 amide bonds. The molecule has 24 heavy (non-hydrogen) atoms. The van der Waals surface area contributed by atoms with E-state index >= 15 is 0 Å². The van der Waals surface area contributed by atoms with Crippen LogP contribution in [-0.2, 0) is 6.54 Å². The lowest BCUT2D eigenvalue weighted by atomic mass is 10.1. The van der Waals surface area contributed by atoms with E-state index in [9.17, 15) is 4.79 Å². The summed E-state index contributed by atoms with van der Waals surface area (Å²) in [6.45, 7) is 5.52. The van der Waals surface area contributed by atoms with Gasteiger partial charge >= 0.3 is 6.03 Å². The van der Waals surface area contributed by atoms with Crippen LogP contribution in [0.1, 0.15) is 34.9 Å². The molecular weight excluding hydrogens is 318 g/mol. The van der Waals surface area contributed by atoms with Gasteiger partial charge in [-0.2, -0.15) is 0 Å². The molecule has 2 N–H and O–H groups in total. The molecule has 0 bridgehead atoms. The van der Waals surface area contributed by atoms with Gasteiger partial charge in [0.1, 0.15) is 0 Å². The fourth-order valence-electron chi connectivity index (χ4n) is 3.18. The van der Waals surface area contributed by atoms with Gasteiger partial charge in [0.2, 0.25) is 0 Å². The Morgan fingerprint density at radius 2 is 1.96 bits per heavy atom. The van der Waals surface area contributed by atoms with Crippen LogP contribution in [0.5, 0.6) is 0 Å². The lowest BCUT2D eigenvalue weighted by molar-refractivity contribution is 0.222. The lowest BCUT2D eigenvalue weighted by Crippen LogP contribution is -2.41. The number of rotatable bonds is 6. The number of likely N-dealkylation sites (tertiary alicyclic amines) is 1. The quantitative estimate of drug-likeness (QED) is 0.840. The number of nitrogens with zero attached hydrogens (tertiary/aromatic N) is 1. The Kier molecular flexibility index (Phi) is 5.88. The Balaban J connectivity index is 1.52. The summed E-state index contributed by atoms with van der Waals surface area (Å²) in [6.07, 6.45) is 2.50. The van der Waals surface area contributed by atoms with Crippen LogP contribution in [0.2, 0.25) is 0 Å². The molecule has 1 fully saturated rings. The Bertz CT molecular complexity index is 650. The number of urea groups is 1. The molecular formula is C19H25N3OS. The van der Waals surface area contributed by atoms with Crippen LogP contribution >= 0.6 is 11.3 Å². The number of benzene rings is 1. The number of hydrogen-bond donors (Lipinski definition) is 2. The maximum atomic E-state index is 12.2. The Hall–Kier alpha value is -1.85. The minimum absolute atomic E-state index is 0.0981. The summed E-state index contributed by atoms with van der Waals surface area (Å²) < 4.78 is 0. The minimum Gasteiger partial charge on any atom is -0.336 e. The molecule has 4 nitrogen and oxygen atoms in total. The topological polar surface area (TPSA) is 44.4 Å². The highest BCUT2D eigenvalue weighted by molar-refractivity contribution is 7.10. The Morgan fingerprint density at radius 1 is 1.17 bits per heavy atom. The average Bonchev–Trinajstić information content (AvgIpc) is 3.28. The van der Waals surface area contributed by atoms with Crippen molar-refractivity contribution in [2.75, 3.05) is 19.6 Å². The van der Waals surface area contributed by atoms with E-state index in [0.29, 0.717) is 13.1 Å². The van der Waals surface area contributed by atoms with Gasteiger partial charge in [-0.3, -0.25) is 4.90 Å². The second kappa shape index (κ2) is 8.31. The van der Waals surface area contributed by atoms with Gasteiger partial charge in [-0.25, -0.2) is 4.79 Å². The van der Waals surface area contributed by atoms with Crippen molar-refractivity contribution in [3.05, 3.63) is 57.8 Å². The molecule has 1 aromatic heterocycles. The van der Waals surface area contributed by atoms with Crippen LogP contribution in [0.25, 0.3) is 0 Å². The summed E-state index contributed by atoms with van der Waals surface area (Å²) in [5, 5.41) is 8.13. The van der Waals surface area contributed by atoms with E-state index in [1.807, 2.05) is 18.2 Å². The van der Waals surface area contributed by atoms with Crippen molar-refractivity contribution in [1.29, 1.82) is 0 Å². The third-order valence-corrected chi connectivity index (χ3v) is 5.58. The van der Waals surface area contributed by atoms with Crippen molar-refractivity contribution in [2.45, 2.75) is 32.4 Å². The van der Waals surface area contributed by atoms with Gasteiger partial charge in [0.05, 0.1) is 6.04 Å². The second-order valence-corrected chi connectivity index (χ2v) is 7.24. The van der Waals surface area contributed by atoms with E-state index < -0.39 is 0 Å². The van der Waals surface area contributed by atoms with Crippen LogP contribution in [0.15, 0.2) is 41.8 Å². The van der Waals surface area contributed by atoms with Crippen LogP contribution in [0, 0.1) is 6.92 Å². The number of nitrogens with one attached hydrogen (secondary N) is 2. The first-order valence-electron chi connectivity index (χ1n) is 8.57. The maximum absolute atomic E-state index is 12.2. The number of aryl methyl sites for hydroxylation is 1. The molecule has 0 aliphatic carbocycles. The molecule has 2 aromatic rings. The van der Waals surface area contributed by atoms with Crippen molar-refractivity contribution in [1.82, 2.24) is 15.5 Å². The first-order valence-corrected chi connectivity index (χ1v) is 9.45. The zero-order valence-electron chi connectivity index (χ0n) is 14.1. The minimum atomic E-state index is -0.0981. The monoisotopic (exact) mass is 343 g/mol. The average molecular weight is 343 g/mol. The number of carbonyl (C=O) groups excluding carboxylic acids is 1. The van der Waals surface area contributed by atoms with Gasteiger partial charge in [-0.15, -0.1) is 11.3 Å². The van der Waals surface area contributed by atoms with Crippen LogP contribution < -0.4 is 10.6 Å². The number of amides is 2. The summed E-state index contributed by atoms with van der Waals surface area (Å²) in [6, 6.07) is 12.6. The molecule has 3 rings (SSSR count). The van der Waals surface area contributed by atoms with Crippen molar-refractivity contribution < 1.29 is 4.79 Å². The van der Waals surface area contributed by atoms with Crippen LogP contribution in [-0.4, -0.2) is 30.6 Å². The van der Waals surface area contributed by atoms with E-state index in [0.717, 1.165) is 18.7 Å². The molecule has 0 radical (unpaired) electrons. The summed E-state index contributed by atoms with van der Waals surface area (Å²) in [5.74, 6) is 0. The first-order chi connectivity index (χ1) is 11.7. The van der Waals surface area contributed by atoms with Crippen molar-refractivity contribution in [2.24, 2.45) is 0 Å². The number of carbonyl (C=O) groups is 1. The molecule has 1 saturated heterocycles. The maximum Gasteiger partial charge on any atom is 0.315 e. The lowest BCUT2D eigenvalue weighted by Gasteiger charge is -2.27. The zero-order valence-corrected chi connectivity index (χ0v) is 14.9. The molecule has 1 aliphatic heterocycles. The predicted molar refractivity (Wildman–Crippen MR) is 99.3 cm³/mol. The van der Waals surface area contributed by atoms with E-state index in [2.05, 4.69) is 46.0 Å². The second-order valence-electron chi connectivity index (χ2n) is 6.26. The molecule has 0 saturated carbocycles. The molecule has 1 aliphatic rings. The highest BCUT2D eigenvalue weighted by atomic mass is 32.1. The van der Waals surface area contributed by atoms with Crippen molar-refractivity contribution in [3.8, 4) is 0 Å². The van der Waals surface area contributed by atoms with Gasteiger partial charge in [0.15, 0.2) is 0 Å². The molecule has 2 heterocycles. The predicted octanol–water partition coefficient (Wildman–Crippen LogP) is 3.69. The van der Waals surface area contributed by atoms with Crippen LogP contribution in [0.4, 0.5) is 4.79 Å². The summed E-state index contributed by atoms with van der Waals surface area (Å²) >= 11 is 1.77. The zero-order chi connectivity index (χ0) is 16.8. The molecule has 0 spiro atoms. The van der Waals surface area contributed by atoms with E-state index in [1.165, 1.54) is 23.3 Å². The molecule has 5 heteroatoms. The van der Waals surface area contributed by atoms with Crippen LogP contribution in [0.3, 0.4) is 0 Å². The van der Waals surface area contributed by atoms with E-state index in [4.69, 9.17) is 0 Å². The van der Waals surface area contributed by atoms with Gasteiger partial charge in [0, 0.05) is 18.0 Å². The first kappa shape index (κ1) is 17.0. The SMILES string of the molecule is Cc1ccccc1CNC(=O)NCC(c1cccs1)N1CCCC1. The fraction of sp³-hybridized carbons (Fsp3) is 0.421. The summed E-state index contributed by atoms with van der Waals surface area (Å²) in [4.78, 5) is 16.0.